The Labute approximate surface area is 133 Å². The van der Waals surface area contributed by atoms with Crippen LogP contribution in [0.15, 0.2) is 18.2 Å². The Balaban J connectivity index is 1.88. The fourth-order valence-corrected chi connectivity index (χ4v) is 2.67. The van der Waals surface area contributed by atoms with Crippen LogP contribution >= 0.6 is 0 Å². The number of rotatable bonds is 4. The monoisotopic (exact) mass is 318 g/mol. The molecular weight excluding hydrogens is 299 g/mol. The summed E-state index contributed by atoms with van der Waals surface area (Å²) in [5.41, 5.74) is 1.31. The quantitative estimate of drug-likeness (QED) is 0.940. The summed E-state index contributed by atoms with van der Waals surface area (Å²) in [5.74, 6) is 0.116. The predicted molar refractivity (Wildman–Crippen MR) is 85.7 cm³/mol. The summed E-state index contributed by atoms with van der Waals surface area (Å²) in [7, 11) is 3.29. The Morgan fingerprint density at radius 1 is 1.39 bits per heavy atom. The number of hydrogen-bond acceptors (Lipinski definition) is 4. The minimum atomic E-state index is -0.617. The Kier molecular flexibility index (Phi) is 3.94. The summed E-state index contributed by atoms with van der Waals surface area (Å²) in [6.45, 7) is 3.68. The van der Waals surface area contributed by atoms with Crippen molar-refractivity contribution >= 4 is 17.4 Å². The molecule has 1 saturated heterocycles. The molecule has 2 heterocycles. The van der Waals surface area contributed by atoms with E-state index in [1.807, 2.05) is 14.0 Å². The maximum Gasteiger partial charge on any atom is 0.258 e. The number of benzene rings is 1. The summed E-state index contributed by atoms with van der Waals surface area (Å²) in [6.07, 6.45) is 1.12. The third-order valence-electron chi connectivity index (χ3n) is 4.01. The minimum Gasteiger partial charge on any atom is -0.497 e. The van der Waals surface area contributed by atoms with Gasteiger partial charge in [-0.3, -0.25) is 9.48 Å². The van der Waals surface area contributed by atoms with Gasteiger partial charge in [-0.15, -0.1) is 0 Å². The number of methoxy groups -OCH3 is 1. The van der Waals surface area contributed by atoms with Crippen molar-refractivity contribution in [3.8, 4) is 5.75 Å². The predicted octanol–water partition coefficient (Wildman–Crippen LogP) is 2.34. The first-order chi connectivity index (χ1) is 11.0. The summed E-state index contributed by atoms with van der Waals surface area (Å²) in [5, 5.41) is 7.16. The van der Waals surface area contributed by atoms with Crippen LogP contribution in [-0.2, 0) is 7.05 Å². The number of nitrogens with zero attached hydrogens (tertiary/aromatic N) is 3. The highest BCUT2D eigenvalue weighted by molar-refractivity contribution is 6.06. The van der Waals surface area contributed by atoms with E-state index < -0.39 is 11.7 Å². The lowest BCUT2D eigenvalue weighted by molar-refractivity contribution is 0.102. The van der Waals surface area contributed by atoms with Crippen LogP contribution in [0.2, 0.25) is 0 Å². The smallest absolute Gasteiger partial charge is 0.258 e. The van der Waals surface area contributed by atoms with Gasteiger partial charge in [0, 0.05) is 26.2 Å². The van der Waals surface area contributed by atoms with Crippen LogP contribution in [0.3, 0.4) is 0 Å². The zero-order valence-electron chi connectivity index (χ0n) is 13.4. The fourth-order valence-electron chi connectivity index (χ4n) is 2.67. The lowest BCUT2D eigenvalue weighted by atomic mass is 10.1. The van der Waals surface area contributed by atoms with Gasteiger partial charge in [0.05, 0.1) is 18.4 Å². The van der Waals surface area contributed by atoms with Crippen LogP contribution in [0.25, 0.3) is 0 Å². The van der Waals surface area contributed by atoms with Crippen molar-refractivity contribution in [1.29, 1.82) is 0 Å². The number of hydrogen-bond donors (Lipinski definition) is 1. The van der Waals surface area contributed by atoms with Crippen LogP contribution in [0, 0.1) is 12.7 Å². The van der Waals surface area contributed by atoms with Gasteiger partial charge in [0.2, 0.25) is 0 Å². The molecule has 1 aliphatic rings. The molecule has 122 valence electrons. The second-order valence-electron chi connectivity index (χ2n) is 5.55. The second kappa shape index (κ2) is 5.91. The number of aryl methyl sites for hydroxylation is 2. The van der Waals surface area contributed by atoms with E-state index in [1.165, 1.54) is 19.2 Å². The molecule has 2 aromatic rings. The van der Waals surface area contributed by atoms with E-state index in [4.69, 9.17) is 4.74 Å². The molecule has 0 unspecified atom stereocenters. The van der Waals surface area contributed by atoms with Gasteiger partial charge in [-0.05, 0) is 25.5 Å². The Bertz CT molecular complexity index is 753. The molecule has 7 heteroatoms. The molecule has 1 aliphatic heterocycles. The number of carbonyl (C=O) groups is 1. The van der Waals surface area contributed by atoms with Crippen molar-refractivity contribution in [2.24, 2.45) is 7.05 Å². The molecule has 0 spiro atoms. The number of nitrogens with one attached hydrogen (secondary N) is 1. The van der Waals surface area contributed by atoms with Crippen molar-refractivity contribution in [1.82, 2.24) is 9.78 Å². The molecule has 0 radical (unpaired) electrons. The van der Waals surface area contributed by atoms with Gasteiger partial charge in [0.25, 0.3) is 5.91 Å². The average molecular weight is 318 g/mol. The van der Waals surface area contributed by atoms with Gasteiger partial charge in [-0.25, -0.2) is 4.39 Å². The molecule has 1 N–H and O–H groups in total. The SMILES string of the molecule is COc1ccc(C(=O)Nc2c(C)nn(C)c2N2CCC2)c(F)c1. The lowest BCUT2D eigenvalue weighted by Crippen LogP contribution is -2.39. The van der Waals surface area contributed by atoms with E-state index >= 15 is 0 Å². The Hall–Kier alpha value is -2.57. The normalized spacial score (nSPS) is 13.7. The number of ether oxygens (including phenoxy) is 1. The van der Waals surface area contributed by atoms with Crippen molar-refractivity contribution < 1.29 is 13.9 Å². The van der Waals surface area contributed by atoms with E-state index in [9.17, 15) is 9.18 Å². The van der Waals surface area contributed by atoms with Crippen molar-refractivity contribution in [3.05, 3.63) is 35.3 Å². The van der Waals surface area contributed by atoms with Gasteiger partial charge in [-0.2, -0.15) is 5.10 Å². The van der Waals surface area contributed by atoms with Gasteiger partial charge in [-0.1, -0.05) is 0 Å². The first kappa shape index (κ1) is 15.3. The molecule has 0 bridgehead atoms. The highest BCUT2D eigenvalue weighted by Gasteiger charge is 2.25. The van der Waals surface area contributed by atoms with E-state index in [2.05, 4.69) is 15.3 Å². The third kappa shape index (κ3) is 2.74. The Morgan fingerprint density at radius 2 is 2.13 bits per heavy atom. The van der Waals surface area contributed by atoms with Gasteiger partial charge < -0.3 is 15.0 Å². The number of anilines is 2. The van der Waals surface area contributed by atoms with Crippen LogP contribution in [-0.4, -0.2) is 35.9 Å². The van der Waals surface area contributed by atoms with E-state index in [1.54, 1.807) is 10.7 Å². The third-order valence-corrected chi connectivity index (χ3v) is 4.01. The topological polar surface area (TPSA) is 59.4 Å². The van der Waals surface area contributed by atoms with Crippen LogP contribution in [0.5, 0.6) is 5.75 Å². The lowest BCUT2D eigenvalue weighted by Gasteiger charge is -2.33. The largest absolute Gasteiger partial charge is 0.497 e. The fraction of sp³-hybridized carbons (Fsp3) is 0.375. The molecular formula is C16H19FN4O2. The summed E-state index contributed by atoms with van der Waals surface area (Å²) >= 11 is 0. The highest BCUT2D eigenvalue weighted by Crippen LogP contribution is 2.32. The number of halogens is 1. The Morgan fingerprint density at radius 3 is 2.70 bits per heavy atom. The van der Waals surface area contributed by atoms with Crippen molar-refractivity contribution in [2.45, 2.75) is 13.3 Å². The highest BCUT2D eigenvalue weighted by atomic mass is 19.1. The standard InChI is InChI=1S/C16H19FN4O2/c1-10-14(16(20(2)19-10)21-7-4-8-21)18-15(22)12-6-5-11(23-3)9-13(12)17/h5-6,9H,4,7-8H2,1-3H3,(H,18,22). The van der Waals surface area contributed by atoms with Crippen LogP contribution < -0.4 is 15.0 Å². The average Bonchev–Trinajstić information content (AvgIpc) is 2.72. The molecule has 0 atom stereocenters. The number of carbonyl (C=O) groups excluding carboxylic acids is 1. The molecule has 23 heavy (non-hydrogen) atoms. The summed E-state index contributed by atoms with van der Waals surface area (Å²) in [4.78, 5) is 14.6. The van der Waals surface area contributed by atoms with Gasteiger partial charge in [0.15, 0.2) is 5.82 Å². The summed E-state index contributed by atoms with van der Waals surface area (Å²) < 4.78 is 20.8. The van der Waals surface area contributed by atoms with Crippen LogP contribution in [0.4, 0.5) is 15.9 Å². The maximum absolute atomic E-state index is 14.1. The molecule has 3 rings (SSSR count). The van der Waals surface area contributed by atoms with Crippen LogP contribution in [0.1, 0.15) is 22.5 Å². The number of amides is 1. The second-order valence-corrected chi connectivity index (χ2v) is 5.55. The van der Waals surface area contributed by atoms with E-state index in [-0.39, 0.29) is 5.56 Å². The molecule has 1 aromatic carbocycles. The van der Waals surface area contributed by atoms with Crippen molar-refractivity contribution in [3.63, 3.8) is 0 Å². The van der Waals surface area contributed by atoms with Gasteiger partial charge >= 0.3 is 0 Å². The van der Waals surface area contributed by atoms with Gasteiger partial charge in [0.1, 0.15) is 17.3 Å². The molecule has 0 aliphatic carbocycles. The molecule has 1 aromatic heterocycles. The zero-order valence-corrected chi connectivity index (χ0v) is 13.4. The zero-order chi connectivity index (χ0) is 16.6. The van der Waals surface area contributed by atoms with E-state index in [0.29, 0.717) is 17.1 Å². The van der Waals surface area contributed by atoms with E-state index in [0.717, 1.165) is 25.3 Å². The minimum absolute atomic E-state index is 0.0244. The molecule has 6 nitrogen and oxygen atoms in total. The maximum atomic E-state index is 14.1. The van der Waals surface area contributed by atoms with Crippen molar-refractivity contribution in [2.75, 3.05) is 30.4 Å². The number of aromatic nitrogens is 2. The first-order valence-corrected chi connectivity index (χ1v) is 7.44. The molecule has 1 amide bonds. The summed E-state index contributed by atoms with van der Waals surface area (Å²) in [6, 6.07) is 4.17. The molecule has 0 saturated carbocycles. The molecule has 1 fully saturated rings. The first-order valence-electron chi connectivity index (χ1n) is 7.44.